The van der Waals surface area contributed by atoms with Crippen LogP contribution in [0.2, 0.25) is 0 Å². The molecule has 0 bridgehead atoms. The lowest BCUT2D eigenvalue weighted by atomic mass is 10.3. The molecule has 0 radical (unpaired) electrons. The maximum absolute atomic E-state index is 5.45. The normalized spacial score (nSPS) is 12.4. The van der Waals surface area contributed by atoms with Crippen LogP contribution in [0.25, 0.3) is 0 Å². The maximum Gasteiger partial charge on any atom is 0.303 e. The Hall–Kier alpha value is -0.520. The van der Waals surface area contributed by atoms with Gasteiger partial charge < -0.3 is 18.9 Å². The molecule has 0 rings (SSSR count). The summed E-state index contributed by atoms with van der Waals surface area (Å²) in [5, 5.41) is 8.95. The van der Waals surface area contributed by atoms with Gasteiger partial charge in [0.15, 0.2) is 0 Å². The third kappa shape index (κ3) is 20.5. The Morgan fingerprint density at radius 3 is 1.48 bits per heavy atom. The number of methoxy groups -OCH3 is 2. The highest BCUT2D eigenvalue weighted by Gasteiger charge is 2.07. The van der Waals surface area contributed by atoms with Gasteiger partial charge in [0.2, 0.25) is 0 Å². The van der Waals surface area contributed by atoms with Gasteiger partial charge in [0.25, 0.3) is 0 Å². The molecule has 8 nitrogen and oxygen atoms in total. The monoisotopic (exact) mass is 454 g/mol. The molecule has 0 aliphatic heterocycles. The van der Waals surface area contributed by atoms with Crippen molar-refractivity contribution in [3.8, 4) is 0 Å². The van der Waals surface area contributed by atoms with Gasteiger partial charge in [0.1, 0.15) is 13.1 Å². The summed E-state index contributed by atoms with van der Waals surface area (Å²) < 4.78 is 20.8. The number of hydrogen-bond donors (Lipinski definition) is 4. The van der Waals surface area contributed by atoms with Crippen LogP contribution in [0.3, 0.4) is 0 Å². The summed E-state index contributed by atoms with van der Waals surface area (Å²) in [4.78, 5) is 6.42. The van der Waals surface area contributed by atoms with Crippen LogP contribution in [0, 0.1) is 0 Å². The molecular weight excluding hydrogens is 412 g/mol. The average Bonchev–Trinajstić information content (AvgIpc) is 2.74. The van der Waals surface area contributed by atoms with E-state index in [9.17, 15) is 0 Å². The molecule has 10 heteroatoms. The van der Waals surface area contributed by atoms with Crippen molar-refractivity contribution in [3.05, 3.63) is 0 Å². The van der Waals surface area contributed by atoms with E-state index in [4.69, 9.17) is 18.9 Å². The van der Waals surface area contributed by atoms with Gasteiger partial charge in [-0.05, 0) is 36.4 Å². The molecule has 4 N–H and O–H groups in total. The zero-order valence-corrected chi connectivity index (χ0v) is 20.3. The van der Waals surface area contributed by atoms with Crippen LogP contribution in [0.15, 0.2) is 0 Å². The van der Waals surface area contributed by atoms with Gasteiger partial charge in [-0.15, -0.1) is 0 Å². The van der Waals surface area contributed by atoms with Gasteiger partial charge in [-0.3, -0.25) is 20.6 Å². The van der Waals surface area contributed by atoms with Crippen LogP contribution < -0.4 is 20.6 Å². The molecule has 0 aromatic heterocycles. The minimum Gasteiger partial charge on any atom is -0.382 e. The SMILES string of the molecule is C[NH+]=C(NCCOCCOC)SCCCCCSC(NCCOCCOC)=[NH+]C. The number of rotatable bonds is 18. The van der Waals surface area contributed by atoms with Crippen LogP contribution in [0.4, 0.5) is 0 Å². The van der Waals surface area contributed by atoms with Gasteiger partial charge in [0, 0.05) is 25.7 Å². The molecule has 0 unspecified atom stereocenters. The molecule has 0 heterocycles. The third-order valence-corrected chi connectivity index (χ3v) is 5.92. The Bertz CT molecular complexity index is 380. The van der Waals surface area contributed by atoms with Crippen molar-refractivity contribution in [1.29, 1.82) is 0 Å². The predicted octanol–water partition coefficient (Wildman–Crippen LogP) is -1.74. The molecule has 0 amide bonds. The Kier molecular flexibility index (Phi) is 23.3. The van der Waals surface area contributed by atoms with Gasteiger partial charge >= 0.3 is 10.3 Å². The van der Waals surface area contributed by atoms with E-state index in [0.717, 1.165) is 34.9 Å². The highest BCUT2D eigenvalue weighted by atomic mass is 32.2. The van der Waals surface area contributed by atoms with E-state index < -0.39 is 0 Å². The molecule has 0 saturated heterocycles. The second-order valence-corrected chi connectivity index (χ2v) is 8.19. The zero-order chi connectivity index (χ0) is 21.4. The van der Waals surface area contributed by atoms with Crippen molar-refractivity contribution >= 4 is 33.9 Å². The van der Waals surface area contributed by atoms with E-state index in [-0.39, 0.29) is 0 Å². The first-order chi connectivity index (χ1) is 14.3. The van der Waals surface area contributed by atoms with Gasteiger partial charge in [-0.25, -0.2) is 0 Å². The van der Waals surface area contributed by atoms with Gasteiger partial charge in [0.05, 0.1) is 53.7 Å². The van der Waals surface area contributed by atoms with E-state index in [2.05, 4.69) is 20.6 Å². The van der Waals surface area contributed by atoms with Crippen molar-refractivity contribution in [2.75, 3.05) is 92.6 Å². The minimum absolute atomic E-state index is 0.641. The number of thioether (sulfide) groups is 2. The van der Waals surface area contributed by atoms with Crippen LogP contribution in [-0.4, -0.2) is 103 Å². The first-order valence-corrected chi connectivity index (χ1v) is 12.2. The summed E-state index contributed by atoms with van der Waals surface area (Å²) in [6.07, 6.45) is 3.64. The summed E-state index contributed by atoms with van der Waals surface area (Å²) >= 11 is 3.66. The molecule has 0 fully saturated rings. The fourth-order valence-corrected chi connectivity index (χ4v) is 3.92. The second-order valence-electron chi connectivity index (χ2n) is 5.98. The molecule has 0 aliphatic rings. The van der Waals surface area contributed by atoms with Crippen LogP contribution in [0.5, 0.6) is 0 Å². The quantitative estimate of drug-likeness (QED) is 0.110. The standard InChI is InChI=1S/C19H40N4O4S2/c1-20-18(22-8-10-26-14-12-24-3)28-16-6-5-7-17-29-19(21-2)23-9-11-27-15-13-25-4/h5-17H2,1-4H3,(H,20,22)(H,21,23)/p+2. The van der Waals surface area contributed by atoms with E-state index >= 15 is 0 Å². The van der Waals surface area contributed by atoms with Crippen molar-refractivity contribution in [1.82, 2.24) is 10.6 Å². The summed E-state index contributed by atoms with van der Waals surface area (Å²) in [5.41, 5.74) is 0. The molecule has 0 spiro atoms. The summed E-state index contributed by atoms with van der Waals surface area (Å²) in [7, 11) is 7.26. The van der Waals surface area contributed by atoms with Crippen LogP contribution in [0.1, 0.15) is 19.3 Å². The maximum atomic E-state index is 5.45. The van der Waals surface area contributed by atoms with Crippen molar-refractivity contribution in [2.24, 2.45) is 0 Å². The minimum atomic E-state index is 0.641. The second kappa shape index (κ2) is 23.8. The van der Waals surface area contributed by atoms with E-state index in [1.54, 1.807) is 14.2 Å². The lowest BCUT2D eigenvalue weighted by Gasteiger charge is -2.05. The van der Waals surface area contributed by atoms with Crippen LogP contribution in [-0.2, 0) is 18.9 Å². The lowest BCUT2D eigenvalue weighted by Crippen LogP contribution is -2.70. The molecule has 0 aromatic rings. The highest BCUT2D eigenvalue weighted by Crippen LogP contribution is 2.09. The van der Waals surface area contributed by atoms with E-state index in [0.29, 0.717) is 39.6 Å². The zero-order valence-electron chi connectivity index (χ0n) is 18.6. The fraction of sp³-hybridized carbons (Fsp3) is 0.895. The topological polar surface area (TPSA) is 88.9 Å². The summed E-state index contributed by atoms with van der Waals surface area (Å²) in [6.45, 7) is 5.54. The number of ether oxygens (including phenoxy) is 4. The Morgan fingerprint density at radius 2 is 1.10 bits per heavy atom. The number of unbranched alkanes of at least 4 members (excludes halogenated alkanes) is 2. The van der Waals surface area contributed by atoms with Crippen molar-refractivity contribution in [2.45, 2.75) is 19.3 Å². The largest absolute Gasteiger partial charge is 0.382 e. The molecule has 0 aromatic carbocycles. The molecule has 172 valence electrons. The first kappa shape index (κ1) is 28.5. The van der Waals surface area contributed by atoms with E-state index in [1.807, 2.05) is 37.6 Å². The third-order valence-electron chi connectivity index (χ3n) is 3.66. The average molecular weight is 455 g/mol. The van der Waals surface area contributed by atoms with E-state index in [1.165, 1.54) is 19.3 Å². The molecule has 0 saturated carbocycles. The fourth-order valence-electron chi connectivity index (χ4n) is 2.11. The number of hydrogen-bond acceptors (Lipinski definition) is 6. The first-order valence-electron chi connectivity index (χ1n) is 10.2. The molecule has 29 heavy (non-hydrogen) atoms. The summed E-state index contributed by atoms with van der Waals surface area (Å²) in [5.74, 6) is 2.22. The molecular formula is C19H42N4O4S2+2. The molecule has 0 atom stereocenters. The van der Waals surface area contributed by atoms with Crippen LogP contribution >= 0.6 is 23.5 Å². The van der Waals surface area contributed by atoms with Gasteiger partial charge in [-0.1, -0.05) is 6.42 Å². The Morgan fingerprint density at radius 1 is 0.655 bits per heavy atom. The van der Waals surface area contributed by atoms with Crippen molar-refractivity contribution < 1.29 is 28.9 Å². The molecule has 0 aliphatic carbocycles. The number of amidine groups is 2. The van der Waals surface area contributed by atoms with Crippen molar-refractivity contribution in [3.63, 3.8) is 0 Å². The Labute approximate surface area is 185 Å². The number of nitrogens with one attached hydrogen (secondary N) is 4. The summed E-state index contributed by atoms with van der Waals surface area (Å²) in [6, 6.07) is 0. The smallest absolute Gasteiger partial charge is 0.303 e. The highest BCUT2D eigenvalue weighted by molar-refractivity contribution is 8.13. The Balaban J connectivity index is 3.54. The predicted molar refractivity (Wildman–Crippen MR) is 124 cm³/mol. The van der Waals surface area contributed by atoms with Gasteiger partial charge in [-0.2, -0.15) is 0 Å². The lowest BCUT2D eigenvalue weighted by molar-refractivity contribution is -0.419.